The minimum absolute atomic E-state index is 0.108. The number of nitrogens with one attached hydrogen (secondary N) is 2. The maximum absolute atomic E-state index is 10.8. The van der Waals surface area contributed by atoms with Crippen molar-refractivity contribution in [3.05, 3.63) is 34.1 Å². The summed E-state index contributed by atoms with van der Waals surface area (Å²) in [6.07, 6.45) is 6.58. The zero-order valence-electron chi connectivity index (χ0n) is 12.1. The second kappa shape index (κ2) is 6.22. The number of quaternary nitrogens is 1. The molecule has 3 rings (SSSR count). The van der Waals surface area contributed by atoms with Crippen molar-refractivity contribution in [2.45, 2.75) is 38.6 Å². The third kappa shape index (κ3) is 3.39. The maximum Gasteiger partial charge on any atom is 0.271 e. The maximum atomic E-state index is 10.8. The molecule has 0 unspecified atom stereocenters. The second-order valence-electron chi connectivity index (χ2n) is 5.84. The zero-order chi connectivity index (χ0) is 14.7. The fourth-order valence-corrected chi connectivity index (χ4v) is 3.07. The number of aromatic amines is 1. The lowest BCUT2D eigenvalue weighted by atomic mass is 10.1. The number of nitro groups is 1. The van der Waals surface area contributed by atoms with E-state index in [1.54, 1.807) is 17.0 Å². The van der Waals surface area contributed by atoms with E-state index in [1.807, 2.05) is 0 Å². The Morgan fingerprint density at radius 3 is 2.62 bits per heavy atom. The largest absolute Gasteiger partial charge is 0.337 e. The molecule has 6 heteroatoms. The minimum atomic E-state index is -0.372. The Hall–Kier alpha value is -1.95. The molecule has 0 radical (unpaired) electrons. The normalized spacial score (nSPS) is 17.5. The van der Waals surface area contributed by atoms with Gasteiger partial charge in [-0.3, -0.25) is 10.1 Å². The Kier molecular flexibility index (Phi) is 4.15. The van der Waals surface area contributed by atoms with Crippen LogP contribution < -0.4 is 4.90 Å². The number of benzene rings is 1. The van der Waals surface area contributed by atoms with E-state index >= 15 is 0 Å². The molecule has 0 saturated carbocycles. The van der Waals surface area contributed by atoms with Crippen molar-refractivity contribution in [2.24, 2.45) is 0 Å². The molecule has 2 heterocycles. The van der Waals surface area contributed by atoms with Gasteiger partial charge in [-0.1, -0.05) is 6.42 Å². The molecule has 1 aliphatic rings. The van der Waals surface area contributed by atoms with Crippen molar-refractivity contribution in [3.8, 4) is 0 Å². The summed E-state index contributed by atoms with van der Waals surface area (Å²) in [6.45, 7) is 3.26. The summed E-state index contributed by atoms with van der Waals surface area (Å²) < 4.78 is 0. The number of H-pyrrole nitrogens is 1. The Balaban J connectivity index is 1.75. The van der Waals surface area contributed by atoms with Gasteiger partial charge in [0, 0.05) is 12.1 Å². The van der Waals surface area contributed by atoms with Gasteiger partial charge in [-0.25, -0.2) is 4.98 Å². The van der Waals surface area contributed by atoms with Crippen molar-refractivity contribution in [3.63, 3.8) is 0 Å². The third-order valence-electron chi connectivity index (χ3n) is 4.20. The van der Waals surface area contributed by atoms with Crippen LogP contribution in [0.1, 0.15) is 37.9 Å². The molecule has 2 aromatic rings. The number of imidazole rings is 1. The molecule has 0 bridgehead atoms. The molecule has 0 aliphatic carbocycles. The Morgan fingerprint density at radius 1 is 1.19 bits per heavy atom. The number of fused-ring (bicyclic) bond motifs is 1. The number of nitro benzene ring substituents is 1. The summed E-state index contributed by atoms with van der Waals surface area (Å²) in [5.41, 5.74) is 1.67. The van der Waals surface area contributed by atoms with Crippen molar-refractivity contribution in [1.82, 2.24) is 9.97 Å². The SMILES string of the molecule is O=[N+]([O-])c1ccc2nc(C[NH+]3CCCCCCC3)[nH]c2c1. The lowest BCUT2D eigenvalue weighted by molar-refractivity contribution is -0.915. The van der Waals surface area contributed by atoms with E-state index in [0.717, 1.165) is 23.4 Å². The zero-order valence-corrected chi connectivity index (χ0v) is 12.1. The summed E-state index contributed by atoms with van der Waals surface area (Å²) in [7, 11) is 0. The number of nitrogens with zero attached hydrogens (tertiary/aromatic N) is 2. The first-order chi connectivity index (χ1) is 10.2. The summed E-state index contributed by atoms with van der Waals surface area (Å²) in [5.74, 6) is 0.932. The van der Waals surface area contributed by atoms with E-state index in [9.17, 15) is 10.1 Å². The number of hydrogen-bond acceptors (Lipinski definition) is 3. The summed E-state index contributed by atoms with van der Waals surface area (Å²) in [5, 5.41) is 10.8. The van der Waals surface area contributed by atoms with Crippen LogP contribution in [0.25, 0.3) is 11.0 Å². The monoisotopic (exact) mass is 289 g/mol. The first-order valence-corrected chi connectivity index (χ1v) is 7.69. The van der Waals surface area contributed by atoms with Gasteiger partial charge in [-0.2, -0.15) is 0 Å². The third-order valence-corrected chi connectivity index (χ3v) is 4.20. The molecular formula is C15H21N4O2+. The molecule has 1 aromatic heterocycles. The second-order valence-corrected chi connectivity index (χ2v) is 5.84. The summed E-state index contributed by atoms with van der Waals surface area (Å²) in [6, 6.07) is 4.79. The molecule has 1 fully saturated rings. The average Bonchev–Trinajstić information content (AvgIpc) is 2.82. The van der Waals surface area contributed by atoms with Gasteiger partial charge in [-0.05, 0) is 31.7 Å². The van der Waals surface area contributed by atoms with E-state index < -0.39 is 0 Å². The van der Waals surface area contributed by atoms with E-state index in [1.165, 1.54) is 51.3 Å². The van der Waals surface area contributed by atoms with Crippen LogP contribution in [0.2, 0.25) is 0 Å². The summed E-state index contributed by atoms with van der Waals surface area (Å²) >= 11 is 0. The Morgan fingerprint density at radius 2 is 1.90 bits per heavy atom. The highest BCUT2D eigenvalue weighted by atomic mass is 16.6. The van der Waals surface area contributed by atoms with Crippen LogP contribution in [0.5, 0.6) is 0 Å². The lowest BCUT2D eigenvalue weighted by Gasteiger charge is -2.20. The quantitative estimate of drug-likeness (QED) is 0.668. The highest BCUT2D eigenvalue weighted by molar-refractivity contribution is 5.77. The molecule has 2 N–H and O–H groups in total. The Bertz CT molecular complexity index is 630. The molecule has 0 amide bonds. The molecule has 6 nitrogen and oxygen atoms in total. The number of hydrogen-bond donors (Lipinski definition) is 2. The lowest BCUT2D eigenvalue weighted by Crippen LogP contribution is -3.10. The van der Waals surface area contributed by atoms with E-state index in [2.05, 4.69) is 9.97 Å². The van der Waals surface area contributed by atoms with Crippen LogP contribution in [0.4, 0.5) is 5.69 Å². The van der Waals surface area contributed by atoms with Crippen molar-refractivity contribution >= 4 is 16.7 Å². The molecule has 0 spiro atoms. The molecule has 1 aromatic carbocycles. The number of non-ortho nitro benzene ring substituents is 1. The van der Waals surface area contributed by atoms with Gasteiger partial charge in [0.15, 0.2) is 5.82 Å². The predicted octanol–water partition coefficient (Wildman–Crippen LogP) is 1.82. The van der Waals surface area contributed by atoms with Crippen LogP contribution in [0, 0.1) is 10.1 Å². The van der Waals surface area contributed by atoms with Gasteiger partial charge in [0.2, 0.25) is 0 Å². The minimum Gasteiger partial charge on any atom is -0.337 e. The molecule has 21 heavy (non-hydrogen) atoms. The molecule has 112 valence electrons. The fraction of sp³-hybridized carbons (Fsp3) is 0.533. The van der Waals surface area contributed by atoms with Gasteiger partial charge in [0.05, 0.1) is 29.0 Å². The first kappa shape index (κ1) is 14.0. The van der Waals surface area contributed by atoms with Gasteiger partial charge in [-0.15, -0.1) is 0 Å². The molecule has 1 saturated heterocycles. The molecular weight excluding hydrogens is 268 g/mol. The first-order valence-electron chi connectivity index (χ1n) is 7.69. The van der Waals surface area contributed by atoms with E-state index in [4.69, 9.17) is 0 Å². The highest BCUT2D eigenvalue weighted by Crippen LogP contribution is 2.18. The Labute approximate surface area is 123 Å². The van der Waals surface area contributed by atoms with Crippen molar-refractivity contribution in [2.75, 3.05) is 13.1 Å². The number of likely N-dealkylation sites (tertiary alicyclic amines) is 1. The topological polar surface area (TPSA) is 76.3 Å². The predicted molar refractivity (Wildman–Crippen MR) is 80.2 cm³/mol. The molecule has 1 aliphatic heterocycles. The smallest absolute Gasteiger partial charge is 0.271 e. The summed E-state index contributed by atoms with van der Waals surface area (Å²) in [4.78, 5) is 19.8. The van der Waals surface area contributed by atoms with Crippen LogP contribution in [0.3, 0.4) is 0 Å². The van der Waals surface area contributed by atoms with Crippen LogP contribution in [-0.2, 0) is 6.54 Å². The van der Waals surface area contributed by atoms with Gasteiger partial charge >= 0.3 is 0 Å². The number of rotatable bonds is 3. The van der Waals surface area contributed by atoms with Gasteiger partial charge < -0.3 is 9.88 Å². The van der Waals surface area contributed by atoms with Crippen molar-refractivity contribution in [1.29, 1.82) is 0 Å². The standard InChI is InChI=1S/C15H20N4O2/c20-19(21)12-6-7-13-14(10-12)17-15(16-13)11-18-8-4-2-1-3-5-9-18/h6-7,10H,1-5,8-9,11H2,(H,16,17)/p+1. The van der Waals surface area contributed by atoms with Crippen LogP contribution in [-0.4, -0.2) is 28.0 Å². The van der Waals surface area contributed by atoms with Crippen LogP contribution >= 0.6 is 0 Å². The number of aromatic nitrogens is 2. The van der Waals surface area contributed by atoms with E-state index in [0.29, 0.717) is 0 Å². The fourth-order valence-electron chi connectivity index (χ4n) is 3.07. The average molecular weight is 289 g/mol. The van der Waals surface area contributed by atoms with Gasteiger partial charge in [0.1, 0.15) is 6.54 Å². The highest BCUT2D eigenvalue weighted by Gasteiger charge is 2.15. The van der Waals surface area contributed by atoms with Gasteiger partial charge in [0.25, 0.3) is 5.69 Å². The van der Waals surface area contributed by atoms with E-state index in [-0.39, 0.29) is 10.6 Å². The van der Waals surface area contributed by atoms with Crippen molar-refractivity contribution < 1.29 is 9.82 Å². The molecule has 0 atom stereocenters. The van der Waals surface area contributed by atoms with Crippen LogP contribution in [0.15, 0.2) is 18.2 Å².